The monoisotopic (exact) mass is 237 g/mol. The van der Waals surface area contributed by atoms with Gasteiger partial charge in [-0.3, -0.25) is 0 Å². The summed E-state index contributed by atoms with van der Waals surface area (Å²) in [5.41, 5.74) is 2.29. The molecule has 2 rings (SSSR count). The van der Waals surface area contributed by atoms with Crippen molar-refractivity contribution < 1.29 is 0 Å². The van der Waals surface area contributed by atoms with Gasteiger partial charge in [-0.15, -0.1) is 22.9 Å². The molecule has 1 heterocycles. The first-order chi connectivity index (χ1) is 7.38. The van der Waals surface area contributed by atoms with Crippen molar-refractivity contribution in [1.29, 1.82) is 0 Å². The molecule has 0 aliphatic heterocycles. The lowest BCUT2D eigenvalue weighted by molar-refractivity contribution is 1.19. The Morgan fingerprint density at radius 2 is 1.93 bits per heavy atom. The Labute approximate surface area is 98.7 Å². The Bertz CT molecular complexity index is 394. The quantitative estimate of drug-likeness (QED) is 0.790. The molecule has 0 radical (unpaired) electrons. The summed E-state index contributed by atoms with van der Waals surface area (Å²) in [6.45, 7) is 0.887. The van der Waals surface area contributed by atoms with Crippen LogP contribution in [0.2, 0.25) is 0 Å². The van der Waals surface area contributed by atoms with Crippen LogP contribution in [-0.2, 0) is 12.4 Å². The zero-order valence-corrected chi connectivity index (χ0v) is 9.81. The third-order valence-corrected chi connectivity index (χ3v) is 3.34. The van der Waals surface area contributed by atoms with Crippen molar-refractivity contribution in [1.82, 2.24) is 0 Å². The van der Waals surface area contributed by atoms with Crippen LogP contribution < -0.4 is 5.32 Å². The number of halogens is 1. The van der Waals surface area contributed by atoms with E-state index in [4.69, 9.17) is 11.6 Å². The third-order valence-electron chi connectivity index (χ3n) is 2.16. The van der Waals surface area contributed by atoms with Gasteiger partial charge in [-0.05, 0) is 29.1 Å². The molecule has 1 aromatic carbocycles. The molecule has 0 aliphatic rings. The molecule has 1 nitrogen and oxygen atoms in total. The molecule has 0 unspecified atom stereocenters. The Morgan fingerprint density at radius 1 is 1.13 bits per heavy atom. The Kier molecular flexibility index (Phi) is 3.64. The molecule has 0 fully saturated rings. The molecule has 0 spiro atoms. The van der Waals surface area contributed by atoms with E-state index in [1.807, 2.05) is 12.1 Å². The summed E-state index contributed by atoms with van der Waals surface area (Å²) >= 11 is 7.49. The van der Waals surface area contributed by atoms with Gasteiger partial charge in [0, 0.05) is 23.0 Å². The normalized spacial score (nSPS) is 10.2. The van der Waals surface area contributed by atoms with Gasteiger partial charge in [0.05, 0.1) is 0 Å². The average molecular weight is 238 g/mol. The molecule has 1 N–H and O–H groups in total. The summed E-state index contributed by atoms with van der Waals surface area (Å²) in [6.07, 6.45) is 0. The molecular weight excluding hydrogens is 226 g/mol. The predicted octanol–water partition coefficient (Wildman–Crippen LogP) is 4.10. The highest BCUT2D eigenvalue weighted by Gasteiger charge is 1.95. The van der Waals surface area contributed by atoms with E-state index in [0.29, 0.717) is 5.88 Å². The lowest BCUT2D eigenvalue weighted by Gasteiger charge is -2.05. The highest BCUT2D eigenvalue weighted by Crippen LogP contribution is 2.14. The molecule has 3 heteroatoms. The van der Waals surface area contributed by atoms with Crippen molar-refractivity contribution in [3.63, 3.8) is 0 Å². The number of benzene rings is 1. The van der Waals surface area contributed by atoms with E-state index < -0.39 is 0 Å². The molecular formula is C12H12ClNS. The van der Waals surface area contributed by atoms with Gasteiger partial charge >= 0.3 is 0 Å². The van der Waals surface area contributed by atoms with Gasteiger partial charge in [0.15, 0.2) is 0 Å². The smallest absolute Gasteiger partial charge is 0.0494 e. The Hall–Kier alpha value is -0.990. The largest absolute Gasteiger partial charge is 0.380 e. The first-order valence-corrected chi connectivity index (χ1v) is 6.21. The van der Waals surface area contributed by atoms with Crippen LogP contribution in [0.25, 0.3) is 0 Å². The second kappa shape index (κ2) is 5.19. The highest BCUT2D eigenvalue weighted by molar-refractivity contribution is 7.09. The van der Waals surface area contributed by atoms with E-state index in [1.165, 1.54) is 4.88 Å². The fourth-order valence-corrected chi connectivity index (χ4v) is 2.14. The van der Waals surface area contributed by atoms with Gasteiger partial charge in [-0.2, -0.15) is 0 Å². The summed E-state index contributed by atoms with van der Waals surface area (Å²) in [7, 11) is 0. The number of hydrogen-bond acceptors (Lipinski definition) is 2. The number of nitrogens with one attached hydrogen (secondary N) is 1. The Morgan fingerprint density at radius 3 is 2.53 bits per heavy atom. The number of hydrogen-bond donors (Lipinski definition) is 1. The second-order valence-corrected chi connectivity index (χ2v) is 4.56. The van der Waals surface area contributed by atoms with Crippen LogP contribution in [0.5, 0.6) is 0 Å². The maximum Gasteiger partial charge on any atom is 0.0494 e. The van der Waals surface area contributed by atoms with E-state index in [0.717, 1.165) is 17.8 Å². The summed E-state index contributed by atoms with van der Waals surface area (Å²) in [4.78, 5) is 1.34. The summed E-state index contributed by atoms with van der Waals surface area (Å²) in [5.74, 6) is 0.575. The fourth-order valence-electron chi connectivity index (χ4n) is 1.31. The first-order valence-electron chi connectivity index (χ1n) is 4.79. The molecule has 1 aromatic heterocycles. The van der Waals surface area contributed by atoms with Crippen LogP contribution in [-0.4, -0.2) is 0 Å². The summed E-state index contributed by atoms with van der Waals surface area (Å²) < 4.78 is 0. The highest BCUT2D eigenvalue weighted by atomic mass is 35.5. The van der Waals surface area contributed by atoms with Gasteiger partial charge in [-0.25, -0.2) is 0 Å². The lowest BCUT2D eigenvalue weighted by Crippen LogP contribution is -1.96. The van der Waals surface area contributed by atoms with Crippen LogP contribution in [0.15, 0.2) is 41.8 Å². The van der Waals surface area contributed by atoms with Crippen LogP contribution in [0, 0.1) is 0 Å². The number of anilines is 1. The maximum absolute atomic E-state index is 5.72. The topological polar surface area (TPSA) is 12.0 Å². The van der Waals surface area contributed by atoms with E-state index in [1.54, 1.807) is 11.3 Å². The SMILES string of the molecule is ClCc1ccc(NCc2cccs2)cc1. The molecule has 0 saturated heterocycles. The average Bonchev–Trinajstić information content (AvgIpc) is 2.80. The molecule has 0 saturated carbocycles. The van der Waals surface area contributed by atoms with E-state index in [2.05, 4.69) is 35.0 Å². The van der Waals surface area contributed by atoms with Crippen molar-refractivity contribution in [3.05, 3.63) is 52.2 Å². The molecule has 15 heavy (non-hydrogen) atoms. The molecule has 0 bridgehead atoms. The van der Waals surface area contributed by atoms with Gasteiger partial charge in [0.25, 0.3) is 0 Å². The fraction of sp³-hybridized carbons (Fsp3) is 0.167. The standard InChI is InChI=1S/C12H12ClNS/c13-8-10-3-5-11(6-4-10)14-9-12-2-1-7-15-12/h1-7,14H,8-9H2. The van der Waals surface area contributed by atoms with Gasteiger partial charge < -0.3 is 5.32 Å². The molecule has 0 aliphatic carbocycles. The van der Waals surface area contributed by atoms with Gasteiger partial charge in [0.2, 0.25) is 0 Å². The van der Waals surface area contributed by atoms with E-state index in [-0.39, 0.29) is 0 Å². The van der Waals surface area contributed by atoms with Crippen molar-refractivity contribution in [3.8, 4) is 0 Å². The van der Waals surface area contributed by atoms with Gasteiger partial charge in [-0.1, -0.05) is 18.2 Å². The van der Waals surface area contributed by atoms with Crippen molar-refractivity contribution in [2.24, 2.45) is 0 Å². The van der Waals surface area contributed by atoms with Crippen LogP contribution in [0.3, 0.4) is 0 Å². The summed E-state index contributed by atoms with van der Waals surface area (Å²) in [5, 5.41) is 5.46. The van der Waals surface area contributed by atoms with Crippen molar-refractivity contribution >= 4 is 28.6 Å². The predicted molar refractivity (Wildman–Crippen MR) is 67.6 cm³/mol. The van der Waals surface area contributed by atoms with Crippen molar-refractivity contribution in [2.75, 3.05) is 5.32 Å². The maximum atomic E-state index is 5.72. The van der Waals surface area contributed by atoms with Gasteiger partial charge in [0.1, 0.15) is 0 Å². The minimum absolute atomic E-state index is 0.575. The Balaban J connectivity index is 1.93. The molecule has 2 aromatic rings. The zero-order valence-electron chi connectivity index (χ0n) is 8.24. The number of rotatable bonds is 4. The second-order valence-electron chi connectivity index (χ2n) is 3.26. The number of alkyl halides is 1. The minimum atomic E-state index is 0.575. The van der Waals surface area contributed by atoms with E-state index in [9.17, 15) is 0 Å². The van der Waals surface area contributed by atoms with E-state index >= 15 is 0 Å². The van der Waals surface area contributed by atoms with Crippen LogP contribution in [0.1, 0.15) is 10.4 Å². The number of thiophene rings is 1. The zero-order chi connectivity index (χ0) is 10.5. The third kappa shape index (κ3) is 2.98. The first kappa shape index (κ1) is 10.5. The molecule has 0 amide bonds. The molecule has 78 valence electrons. The van der Waals surface area contributed by atoms with Crippen LogP contribution in [0.4, 0.5) is 5.69 Å². The molecule has 0 atom stereocenters. The summed E-state index contributed by atoms with van der Waals surface area (Å²) in [6, 6.07) is 12.4. The minimum Gasteiger partial charge on any atom is -0.380 e. The van der Waals surface area contributed by atoms with Crippen molar-refractivity contribution in [2.45, 2.75) is 12.4 Å². The van der Waals surface area contributed by atoms with Crippen LogP contribution >= 0.6 is 22.9 Å². The lowest BCUT2D eigenvalue weighted by atomic mass is 10.2.